The highest BCUT2D eigenvalue weighted by molar-refractivity contribution is 8.00. The molecule has 0 aliphatic heterocycles. The van der Waals surface area contributed by atoms with Crippen LogP contribution >= 0.6 is 11.8 Å². The van der Waals surface area contributed by atoms with Gasteiger partial charge in [-0.1, -0.05) is 48.9 Å². The first kappa shape index (κ1) is 20.0. The minimum Gasteiger partial charge on any atom is -0.349 e. The number of rotatable bonds is 8. The summed E-state index contributed by atoms with van der Waals surface area (Å²) in [6, 6.07) is 15.9. The number of thioether (sulfide) groups is 1. The summed E-state index contributed by atoms with van der Waals surface area (Å²) in [6.07, 6.45) is 0.827. The smallest absolute Gasteiger partial charge is 0.234 e. The number of carbonyl (C=O) groups is 2. The van der Waals surface area contributed by atoms with E-state index in [-0.39, 0.29) is 29.4 Å². The van der Waals surface area contributed by atoms with Crippen molar-refractivity contribution >= 4 is 29.3 Å². The summed E-state index contributed by atoms with van der Waals surface area (Å²) in [7, 11) is 0. The second-order valence-electron chi connectivity index (χ2n) is 6.35. The molecule has 1 atom stereocenters. The minimum absolute atomic E-state index is 0.00446. The van der Waals surface area contributed by atoms with Crippen molar-refractivity contribution in [1.82, 2.24) is 5.32 Å². The van der Waals surface area contributed by atoms with Gasteiger partial charge in [0.15, 0.2) is 0 Å². The highest BCUT2D eigenvalue weighted by Gasteiger charge is 2.13. The maximum Gasteiger partial charge on any atom is 0.234 e. The van der Waals surface area contributed by atoms with Gasteiger partial charge in [-0.25, -0.2) is 0 Å². The highest BCUT2D eigenvalue weighted by atomic mass is 32.2. The molecule has 2 amide bonds. The molecule has 2 aromatic rings. The van der Waals surface area contributed by atoms with Gasteiger partial charge in [0, 0.05) is 5.69 Å². The SMILES string of the molecule is CC[C@H](NC(=O)CSCC(=O)Nc1cccc(C)c1)c1ccc(C)cc1. The van der Waals surface area contributed by atoms with Crippen molar-refractivity contribution in [3.63, 3.8) is 0 Å². The molecule has 0 aliphatic carbocycles. The maximum absolute atomic E-state index is 12.2. The fourth-order valence-corrected chi connectivity index (χ4v) is 3.24. The molecule has 0 spiro atoms. The third kappa shape index (κ3) is 6.56. The van der Waals surface area contributed by atoms with Crippen LogP contribution in [0.1, 0.15) is 36.1 Å². The third-order valence-electron chi connectivity index (χ3n) is 3.99. The van der Waals surface area contributed by atoms with Gasteiger partial charge in [0.1, 0.15) is 0 Å². The third-order valence-corrected chi connectivity index (χ3v) is 4.92. The molecule has 138 valence electrons. The van der Waals surface area contributed by atoms with E-state index in [9.17, 15) is 9.59 Å². The van der Waals surface area contributed by atoms with Crippen molar-refractivity contribution in [2.45, 2.75) is 33.2 Å². The molecule has 26 heavy (non-hydrogen) atoms. The lowest BCUT2D eigenvalue weighted by Crippen LogP contribution is -2.30. The van der Waals surface area contributed by atoms with Crippen LogP contribution in [0.4, 0.5) is 5.69 Å². The predicted molar refractivity (Wildman–Crippen MR) is 109 cm³/mol. The normalized spacial score (nSPS) is 11.7. The zero-order chi connectivity index (χ0) is 18.9. The van der Waals surface area contributed by atoms with E-state index < -0.39 is 0 Å². The lowest BCUT2D eigenvalue weighted by molar-refractivity contribution is -0.119. The standard InChI is InChI=1S/C21H26N2O2S/c1-4-19(17-10-8-15(2)9-11-17)23-21(25)14-26-13-20(24)22-18-7-5-6-16(3)12-18/h5-12,19H,4,13-14H2,1-3H3,(H,22,24)(H,23,25)/t19-/m0/s1. The Hall–Kier alpha value is -2.27. The van der Waals surface area contributed by atoms with E-state index >= 15 is 0 Å². The molecule has 0 fully saturated rings. The Morgan fingerprint density at radius 2 is 1.65 bits per heavy atom. The van der Waals surface area contributed by atoms with Gasteiger partial charge < -0.3 is 10.6 Å². The second-order valence-corrected chi connectivity index (χ2v) is 7.34. The van der Waals surface area contributed by atoms with Crippen molar-refractivity contribution < 1.29 is 9.59 Å². The van der Waals surface area contributed by atoms with Gasteiger partial charge in [-0.15, -0.1) is 11.8 Å². The number of amides is 2. The summed E-state index contributed by atoms with van der Waals surface area (Å²) < 4.78 is 0. The average Bonchev–Trinajstić information content (AvgIpc) is 2.60. The molecule has 2 aromatic carbocycles. The highest BCUT2D eigenvalue weighted by Crippen LogP contribution is 2.17. The van der Waals surface area contributed by atoms with Crippen LogP contribution in [0.25, 0.3) is 0 Å². The lowest BCUT2D eigenvalue weighted by atomic mass is 10.0. The Balaban J connectivity index is 1.75. The summed E-state index contributed by atoms with van der Waals surface area (Å²) in [5.41, 5.74) is 4.18. The number of aryl methyl sites for hydroxylation is 2. The van der Waals surface area contributed by atoms with Gasteiger partial charge in [-0.05, 0) is 43.5 Å². The molecule has 0 bridgehead atoms. The Morgan fingerprint density at radius 1 is 0.962 bits per heavy atom. The Kier molecular flexibility index (Phi) is 7.73. The van der Waals surface area contributed by atoms with E-state index in [2.05, 4.69) is 22.8 Å². The monoisotopic (exact) mass is 370 g/mol. The van der Waals surface area contributed by atoms with E-state index in [1.165, 1.54) is 17.3 Å². The van der Waals surface area contributed by atoms with E-state index in [1.54, 1.807) is 0 Å². The lowest BCUT2D eigenvalue weighted by Gasteiger charge is -2.17. The van der Waals surface area contributed by atoms with Crippen molar-refractivity contribution in [2.24, 2.45) is 0 Å². The van der Waals surface area contributed by atoms with E-state index in [0.717, 1.165) is 23.2 Å². The quantitative estimate of drug-likeness (QED) is 0.731. The van der Waals surface area contributed by atoms with Gasteiger partial charge in [0.25, 0.3) is 0 Å². The number of hydrogen-bond acceptors (Lipinski definition) is 3. The zero-order valence-electron chi connectivity index (χ0n) is 15.5. The first-order chi connectivity index (χ1) is 12.5. The molecule has 0 radical (unpaired) electrons. The molecule has 0 saturated heterocycles. The molecular weight excluding hydrogens is 344 g/mol. The van der Waals surface area contributed by atoms with Crippen molar-refractivity contribution in [1.29, 1.82) is 0 Å². The molecule has 0 aromatic heterocycles. The van der Waals surface area contributed by atoms with Crippen LogP contribution in [-0.2, 0) is 9.59 Å². The first-order valence-corrected chi connectivity index (χ1v) is 9.93. The van der Waals surface area contributed by atoms with Crippen LogP contribution in [0, 0.1) is 13.8 Å². The summed E-state index contributed by atoms with van der Waals surface area (Å²) in [5, 5.41) is 5.89. The Labute approximate surface area is 159 Å². The summed E-state index contributed by atoms with van der Waals surface area (Å²) in [4.78, 5) is 24.1. The molecule has 2 rings (SSSR count). The number of carbonyl (C=O) groups excluding carboxylic acids is 2. The molecule has 0 aliphatic rings. The molecule has 0 unspecified atom stereocenters. The topological polar surface area (TPSA) is 58.2 Å². The number of hydrogen-bond donors (Lipinski definition) is 2. The fourth-order valence-electron chi connectivity index (χ4n) is 2.61. The summed E-state index contributed by atoms with van der Waals surface area (Å²) >= 11 is 1.32. The van der Waals surface area contributed by atoms with Crippen LogP contribution < -0.4 is 10.6 Å². The largest absolute Gasteiger partial charge is 0.349 e. The predicted octanol–water partition coefficient (Wildman–Crippen LogP) is 4.24. The molecule has 0 saturated carbocycles. The van der Waals surface area contributed by atoms with Crippen LogP contribution in [-0.4, -0.2) is 23.3 Å². The van der Waals surface area contributed by atoms with Crippen LogP contribution in [0.15, 0.2) is 48.5 Å². The maximum atomic E-state index is 12.2. The van der Waals surface area contributed by atoms with Crippen LogP contribution in [0.2, 0.25) is 0 Å². The minimum atomic E-state index is -0.0982. The average molecular weight is 371 g/mol. The van der Waals surface area contributed by atoms with Gasteiger partial charge >= 0.3 is 0 Å². The molecular formula is C21H26N2O2S. The summed E-state index contributed by atoms with van der Waals surface area (Å²) in [6.45, 7) is 6.07. The first-order valence-electron chi connectivity index (χ1n) is 8.78. The Morgan fingerprint density at radius 3 is 2.31 bits per heavy atom. The molecule has 2 N–H and O–H groups in total. The van der Waals surface area contributed by atoms with Gasteiger partial charge in [-0.2, -0.15) is 0 Å². The zero-order valence-corrected chi connectivity index (χ0v) is 16.4. The van der Waals surface area contributed by atoms with Crippen molar-refractivity contribution in [3.8, 4) is 0 Å². The Bertz CT molecular complexity index is 744. The number of nitrogens with one attached hydrogen (secondary N) is 2. The van der Waals surface area contributed by atoms with Crippen LogP contribution in [0.5, 0.6) is 0 Å². The van der Waals surface area contributed by atoms with Crippen LogP contribution in [0.3, 0.4) is 0 Å². The number of anilines is 1. The van der Waals surface area contributed by atoms with Gasteiger partial charge in [0.2, 0.25) is 11.8 Å². The molecule has 0 heterocycles. The fraction of sp³-hybridized carbons (Fsp3) is 0.333. The number of benzene rings is 2. The second kappa shape index (κ2) is 10.0. The van der Waals surface area contributed by atoms with E-state index in [0.29, 0.717) is 0 Å². The van der Waals surface area contributed by atoms with E-state index in [4.69, 9.17) is 0 Å². The molecule has 4 nitrogen and oxygen atoms in total. The van der Waals surface area contributed by atoms with Crippen molar-refractivity contribution in [3.05, 3.63) is 65.2 Å². The van der Waals surface area contributed by atoms with Gasteiger partial charge in [-0.3, -0.25) is 9.59 Å². The summed E-state index contributed by atoms with van der Waals surface area (Å²) in [5.74, 6) is 0.372. The van der Waals surface area contributed by atoms with E-state index in [1.807, 2.05) is 57.2 Å². The van der Waals surface area contributed by atoms with Crippen molar-refractivity contribution in [2.75, 3.05) is 16.8 Å². The van der Waals surface area contributed by atoms with Gasteiger partial charge in [0.05, 0.1) is 17.5 Å². The molecule has 5 heteroatoms.